The van der Waals surface area contributed by atoms with Crippen molar-refractivity contribution >= 4 is 22.6 Å². The molecule has 0 aliphatic carbocycles. The Balaban J connectivity index is 2.44. The Morgan fingerprint density at radius 2 is 2.17 bits per heavy atom. The van der Waals surface area contributed by atoms with Crippen molar-refractivity contribution < 1.29 is 0 Å². The molecule has 1 rings (SSSR count). The normalized spacial score (nSPS) is 11.6. The van der Waals surface area contributed by atoms with E-state index in [0.717, 1.165) is 11.7 Å². The fraction of sp³-hybridized carbons (Fsp3) is 0.714. The third-order valence-electron chi connectivity index (χ3n) is 1.21. The maximum Gasteiger partial charge on any atom is 0.233 e. The van der Waals surface area contributed by atoms with Crippen molar-refractivity contribution in [3.63, 3.8) is 0 Å². The van der Waals surface area contributed by atoms with Crippen LogP contribution in [0.1, 0.15) is 20.8 Å². The predicted molar refractivity (Wildman–Crippen MR) is 52.3 cm³/mol. The number of anilines is 2. The molecule has 0 fully saturated rings. The number of rotatable bonds is 2. The van der Waals surface area contributed by atoms with Gasteiger partial charge in [-0.25, -0.2) is 0 Å². The van der Waals surface area contributed by atoms with E-state index in [9.17, 15) is 0 Å². The standard InChI is InChI=1S/C7H14N4S/c1-7(2,3)4-9-6-10-5(8)11-12-6/h4H2,1-3H3,(H3,8,9,10,11). The van der Waals surface area contributed by atoms with Gasteiger partial charge in [-0.1, -0.05) is 20.8 Å². The summed E-state index contributed by atoms with van der Waals surface area (Å²) in [6.07, 6.45) is 0. The number of hydrogen-bond donors (Lipinski definition) is 2. The molecule has 5 heteroatoms. The van der Waals surface area contributed by atoms with Crippen molar-refractivity contribution in [3.05, 3.63) is 0 Å². The maximum absolute atomic E-state index is 5.37. The van der Waals surface area contributed by atoms with E-state index < -0.39 is 0 Å². The van der Waals surface area contributed by atoms with Crippen LogP contribution in [-0.4, -0.2) is 15.9 Å². The number of nitrogens with two attached hydrogens (primary N) is 1. The highest BCUT2D eigenvalue weighted by atomic mass is 32.1. The van der Waals surface area contributed by atoms with E-state index in [1.807, 2.05) is 0 Å². The Kier molecular flexibility index (Phi) is 2.52. The smallest absolute Gasteiger partial charge is 0.233 e. The Hall–Kier alpha value is -0.840. The van der Waals surface area contributed by atoms with Crippen molar-refractivity contribution in [3.8, 4) is 0 Å². The van der Waals surface area contributed by atoms with Gasteiger partial charge in [0.15, 0.2) is 0 Å². The SMILES string of the molecule is CC(C)(C)CNc1nc(N)ns1. The average Bonchev–Trinajstić information content (AvgIpc) is 2.30. The highest BCUT2D eigenvalue weighted by Gasteiger charge is 2.10. The summed E-state index contributed by atoms with van der Waals surface area (Å²) in [6, 6.07) is 0. The lowest BCUT2D eigenvalue weighted by Crippen LogP contribution is -2.18. The number of hydrogen-bond acceptors (Lipinski definition) is 5. The molecule has 0 unspecified atom stereocenters. The molecular weight excluding hydrogens is 172 g/mol. The van der Waals surface area contributed by atoms with Gasteiger partial charge in [0.05, 0.1) is 0 Å². The minimum atomic E-state index is 0.250. The van der Waals surface area contributed by atoms with Crippen LogP contribution >= 0.6 is 11.5 Å². The maximum atomic E-state index is 5.37. The van der Waals surface area contributed by atoms with Gasteiger partial charge >= 0.3 is 0 Å². The molecule has 1 aromatic rings. The summed E-state index contributed by atoms with van der Waals surface area (Å²) < 4.78 is 3.86. The molecule has 0 amide bonds. The van der Waals surface area contributed by atoms with Crippen LogP contribution in [-0.2, 0) is 0 Å². The molecule has 0 aromatic carbocycles. The Labute approximate surface area is 76.4 Å². The van der Waals surface area contributed by atoms with E-state index in [1.165, 1.54) is 11.5 Å². The summed E-state index contributed by atoms with van der Waals surface area (Å²) in [5, 5.41) is 3.96. The largest absolute Gasteiger partial charge is 0.367 e. The van der Waals surface area contributed by atoms with Crippen LogP contribution in [0.5, 0.6) is 0 Å². The van der Waals surface area contributed by atoms with E-state index in [-0.39, 0.29) is 5.41 Å². The number of aromatic nitrogens is 2. The monoisotopic (exact) mass is 186 g/mol. The third-order valence-corrected chi connectivity index (χ3v) is 1.90. The number of nitrogens with zero attached hydrogens (tertiary/aromatic N) is 2. The molecule has 1 heterocycles. The number of nitrogens with one attached hydrogen (secondary N) is 1. The van der Waals surface area contributed by atoms with Gasteiger partial charge in [-0.15, -0.1) is 0 Å². The van der Waals surface area contributed by atoms with Crippen molar-refractivity contribution in [2.75, 3.05) is 17.6 Å². The molecule has 0 spiro atoms. The molecule has 1 aromatic heterocycles. The molecule has 12 heavy (non-hydrogen) atoms. The van der Waals surface area contributed by atoms with Crippen molar-refractivity contribution in [1.29, 1.82) is 0 Å². The molecule has 3 N–H and O–H groups in total. The Morgan fingerprint density at radius 1 is 1.50 bits per heavy atom. The van der Waals surface area contributed by atoms with Crippen molar-refractivity contribution in [2.24, 2.45) is 5.41 Å². The van der Waals surface area contributed by atoms with Crippen LogP contribution in [0.25, 0.3) is 0 Å². The molecule has 0 aliphatic heterocycles. The first kappa shape index (κ1) is 9.25. The second-order valence-electron chi connectivity index (χ2n) is 3.87. The van der Waals surface area contributed by atoms with Gasteiger partial charge in [-0.05, 0) is 5.41 Å². The molecule has 68 valence electrons. The number of nitrogen functional groups attached to an aromatic ring is 1. The lowest BCUT2D eigenvalue weighted by molar-refractivity contribution is 0.443. The van der Waals surface area contributed by atoms with Gasteiger partial charge in [-0.2, -0.15) is 9.36 Å². The second kappa shape index (κ2) is 3.26. The van der Waals surface area contributed by atoms with Crippen LogP contribution in [0.4, 0.5) is 11.1 Å². The average molecular weight is 186 g/mol. The summed E-state index contributed by atoms with van der Waals surface area (Å²) in [7, 11) is 0. The Bertz CT molecular complexity index is 250. The van der Waals surface area contributed by atoms with Gasteiger partial charge in [0.1, 0.15) is 0 Å². The fourth-order valence-electron chi connectivity index (χ4n) is 0.647. The quantitative estimate of drug-likeness (QED) is 0.736. The van der Waals surface area contributed by atoms with Gasteiger partial charge < -0.3 is 11.1 Å². The molecule has 4 nitrogen and oxygen atoms in total. The second-order valence-corrected chi connectivity index (χ2v) is 4.62. The Morgan fingerprint density at radius 3 is 2.58 bits per heavy atom. The summed E-state index contributed by atoms with van der Waals surface area (Å²) in [4.78, 5) is 3.99. The lowest BCUT2D eigenvalue weighted by Gasteiger charge is -2.17. The van der Waals surface area contributed by atoms with Gasteiger partial charge in [0, 0.05) is 18.1 Å². The van der Waals surface area contributed by atoms with Crippen LogP contribution in [0.2, 0.25) is 0 Å². The van der Waals surface area contributed by atoms with Crippen molar-refractivity contribution in [1.82, 2.24) is 9.36 Å². The highest BCUT2D eigenvalue weighted by molar-refractivity contribution is 7.09. The minimum Gasteiger partial charge on any atom is -0.367 e. The molecule has 0 bridgehead atoms. The lowest BCUT2D eigenvalue weighted by atomic mass is 9.97. The molecular formula is C7H14N4S. The van der Waals surface area contributed by atoms with E-state index in [2.05, 4.69) is 35.4 Å². The molecule has 0 saturated heterocycles. The van der Waals surface area contributed by atoms with Crippen LogP contribution < -0.4 is 11.1 Å². The summed E-state index contributed by atoms with van der Waals surface area (Å²) in [5.74, 6) is 0.344. The van der Waals surface area contributed by atoms with Gasteiger partial charge in [0.25, 0.3) is 0 Å². The van der Waals surface area contributed by atoms with Gasteiger partial charge in [-0.3, -0.25) is 0 Å². The van der Waals surface area contributed by atoms with E-state index in [4.69, 9.17) is 5.73 Å². The first-order valence-corrected chi connectivity index (χ1v) is 4.58. The fourth-order valence-corrected chi connectivity index (χ4v) is 1.14. The first-order valence-electron chi connectivity index (χ1n) is 3.80. The molecule has 0 saturated carbocycles. The van der Waals surface area contributed by atoms with E-state index >= 15 is 0 Å². The summed E-state index contributed by atoms with van der Waals surface area (Å²) in [6.45, 7) is 7.35. The van der Waals surface area contributed by atoms with E-state index in [1.54, 1.807) is 0 Å². The van der Waals surface area contributed by atoms with E-state index in [0.29, 0.717) is 5.95 Å². The third kappa shape index (κ3) is 3.04. The summed E-state index contributed by atoms with van der Waals surface area (Å²) in [5.41, 5.74) is 5.62. The topological polar surface area (TPSA) is 63.8 Å². The van der Waals surface area contributed by atoms with Crippen LogP contribution in [0.15, 0.2) is 0 Å². The molecule has 0 atom stereocenters. The molecule has 0 radical (unpaired) electrons. The van der Waals surface area contributed by atoms with Crippen LogP contribution in [0, 0.1) is 5.41 Å². The van der Waals surface area contributed by atoms with Crippen molar-refractivity contribution in [2.45, 2.75) is 20.8 Å². The zero-order valence-electron chi connectivity index (χ0n) is 7.59. The zero-order valence-corrected chi connectivity index (χ0v) is 8.40. The zero-order chi connectivity index (χ0) is 9.19. The van der Waals surface area contributed by atoms with Crippen LogP contribution in [0.3, 0.4) is 0 Å². The molecule has 0 aliphatic rings. The first-order chi connectivity index (χ1) is 5.47. The van der Waals surface area contributed by atoms with Gasteiger partial charge in [0.2, 0.25) is 11.1 Å². The predicted octanol–water partition coefficient (Wildman–Crippen LogP) is 1.58. The minimum absolute atomic E-state index is 0.250. The highest BCUT2D eigenvalue weighted by Crippen LogP contribution is 2.17. The summed E-state index contributed by atoms with van der Waals surface area (Å²) >= 11 is 1.29.